The van der Waals surface area contributed by atoms with Crippen molar-refractivity contribution in [1.29, 1.82) is 0 Å². The van der Waals surface area contributed by atoms with Crippen LogP contribution in [0.1, 0.15) is 23.0 Å². The van der Waals surface area contributed by atoms with E-state index in [0.717, 1.165) is 31.2 Å². The summed E-state index contributed by atoms with van der Waals surface area (Å²) in [5.41, 5.74) is 0.193. The van der Waals surface area contributed by atoms with Crippen molar-refractivity contribution in [3.05, 3.63) is 65.4 Å². The van der Waals surface area contributed by atoms with Crippen molar-refractivity contribution >= 4 is 5.78 Å². The lowest BCUT2D eigenvalue weighted by molar-refractivity contribution is -0.274. The SMILES string of the molecule is CC(=O)c1c(F)ccc(OCCc2cc(-c3ccc(OC(F)(F)F)cc3)no2)c1F. The Bertz CT molecular complexity index is 1040. The fourth-order valence-electron chi connectivity index (χ4n) is 2.62. The molecule has 0 aliphatic heterocycles. The number of Topliss-reactive ketones (excluding diaryl/α,β-unsaturated/α-hetero) is 1. The van der Waals surface area contributed by atoms with Crippen LogP contribution in [0.25, 0.3) is 11.3 Å². The maximum absolute atomic E-state index is 14.2. The summed E-state index contributed by atoms with van der Waals surface area (Å²) in [6.45, 7) is 0.996. The zero-order valence-corrected chi connectivity index (χ0v) is 15.4. The Kier molecular flexibility index (Phi) is 6.04. The van der Waals surface area contributed by atoms with Crippen LogP contribution in [0, 0.1) is 11.6 Å². The Hall–Kier alpha value is -3.43. The molecule has 0 atom stereocenters. The number of nitrogens with zero attached hydrogens (tertiary/aromatic N) is 1. The highest BCUT2D eigenvalue weighted by molar-refractivity contribution is 5.95. The van der Waals surface area contributed by atoms with Gasteiger partial charge in [-0.1, -0.05) is 5.16 Å². The third-order valence-electron chi connectivity index (χ3n) is 3.96. The van der Waals surface area contributed by atoms with Crippen LogP contribution in [0.2, 0.25) is 0 Å². The van der Waals surface area contributed by atoms with Crippen LogP contribution in [-0.2, 0) is 6.42 Å². The number of halogens is 5. The van der Waals surface area contributed by atoms with E-state index in [9.17, 15) is 26.7 Å². The predicted molar refractivity (Wildman–Crippen MR) is 94.2 cm³/mol. The largest absolute Gasteiger partial charge is 0.573 e. The van der Waals surface area contributed by atoms with Crippen LogP contribution in [0.5, 0.6) is 11.5 Å². The molecule has 0 aliphatic rings. The normalized spacial score (nSPS) is 11.4. The molecule has 3 rings (SSSR count). The smallest absolute Gasteiger partial charge is 0.490 e. The molecule has 3 aromatic rings. The van der Waals surface area contributed by atoms with Crippen LogP contribution in [0.4, 0.5) is 22.0 Å². The molecule has 0 N–H and O–H groups in total. The van der Waals surface area contributed by atoms with Gasteiger partial charge in [-0.2, -0.15) is 0 Å². The third kappa shape index (κ3) is 5.13. The summed E-state index contributed by atoms with van der Waals surface area (Å²) in [6.07, 6.45) is -4.60. The van der Waals surface area contributed by atoms with Crippen molar-refractivity contribution in [3.63, 3.8) is 0 Å². The minimum atomic E-state index is -4.78. The van der Waals surface area contributed by atoms with E-state index in [1.165, 1.54) is 12.1 Å². The topological polar surface area (TPSA) is 61.6 Å². The summed E-state index contributed by atoms with van der Waals surface area (Å²) in [4.78, 5) is 11.3. The second-order valence-corrected chi connectivity index (χ2v) is 6.14. The molecular weight excluding hydrogens is 413 g/mol. The Morgan fingerprint density at radius 2 is 1.80 bits per heavy atom. The number of hydrogen-bond donors (Lipinski definition) is 0. The summed E-state index contributed by atoms with van der Waals surface area (Å²) in [6, 6.07) is 8.62. The minimum absolute atomic E-state index is 0.0487. The van der Waals surface area contributed by atoms with Crippen LogP contribution in [0.15, 0.2) is 47.0 Å². The number of hydrogen-bond acceptors (Lipinski definition) is 5. The number of carbonyl (C=O) groups excluding carboxylic acids is 1. The lowest BCUT2D eigenvalue weighted by Gasteiger charge is -2.09. The molecule has 0 saturated heterocycles. The lowest BCUT2D eigenvalue weighted by Crippen LogP contribution is -2.16. The molecule has 2 aromatic carbocycles. The van der Waals surface area contributed by atoms with Gasteiger partial charge in [-0.3, -0.25) is 4.79 Å². The number of aromatic nitrogens is 1. The number of ketones is 1. The first-order valence-electron chi connectivity index (χ1n) is 8.57. The number of carbonyl (C=O) groups is 1. The Labute approximate surface area is 167 Å². The zero-order valence-electron chi connectivity index (χ0n) is 15.4. The summed E-state index contributed by atoms with van der Waals surface area (Å²) >= 11 is 0. The molecular formula is C20H14F5NO4. The average Bonchev–Trinajstić information content (AvgIpc) is 3.11. The summed E-state index contributed by atoms with van der Waals surface area (Å²) in [7, 11) is 0. The summed E-state index contributed by atoms with van der Waals surface area (Å²) in [5, 5.41) is 3.82. The molecule has 0 radical (unpaired) electrons. The molecule has 0 spiro atoms. The highest BCUT2D eigenvalue weighted by Gasteiger charge is 2.31. The van der Waals surface area contributed by atoms with E-state index in [2.05, 4.69) is 9.89 Å². The van der Waals surface area contributed by atoms with Gasteiger partial charge < -0.3 is 14.0 Å². The van der Waals surface area contributed by atoms with E-state index in [0.29, 0.717) is 17.0 Å². The maximum Gasteiger partial charge on any atom is 0.573 e. The van der Waals surface area contributed by atoms with E-state index in [1.807, 2.05) is 0 Å². The highest BCUT2D eigenvalue weighted by Crippen LogP contribution is 2.27. The molecule has 5 nitrogen and oxygen atoms in total. The first-order valence-corrected chi connectivity index (χ1v) is 8.57. The fourth-order valence-corrected chi connectivity index (χ4v) is 2.62. The van der Waals surface area contributed by atoms with Crippen molar-refractivity contribution in [2.45, 2.75) is 19.7 Å². The van der Waals surface area contributed by atoms with E-state index in [-0.39, 0.29) is 24.5 Å². The van der Waals surface area contributed by atoms with Gasteiger partial charge in [-0.15, -0.1) is 13.2 Å². The van der Waals surface area contributed by atoms with Crippen molar-refractivity contribution in [1.82, 2.24) is 5.16 Å². The molecule has 0 bridgehead atoms. The molecule has 158 valence electrons. The minimum Gasteiger partial charge on any atom is -0.490 e. The number of alkyl halides is 3. The molecule has 1 heterocycles. The monoisotopic (exact) mass is 427 g/mol. The Balaban J connectivity index is 1.62. The van der Waals surface area contributed by atoms with E-state index < -0.39 is 29.3 Å². The molecule has 0 unspecified atom stereocenters. The molecule has 1 aromatic heterocycles. The number of ether oxygens (including phenoxy) is 2. The molecule has 0 amide bonds. The Morgan fingerprint density at radius 1 is 1.10 bits per heavy atom. The first kappa shape index (κ1) is 21.3. The molecule has 10 heteroatoms. The van der Waals surface area contributed by atoms with E-state index >= 15 is 0 Å². The Morgan fingerprint density at radius 3 is 2.43 bits per heavy atom. The van der Waals surface area contributed by atoms with Gasteiger partial charge in [0.05, 0.1) is 12.2 Å². The van der Waals surface area contributed by atoms with Crippen molar-refractivity contribution in [2.24, 2.45) is 0 Å². The second kappa shape index (κ2) is 8.52. The van der Waals surface area contributed by atoms with Crippen LogP contribution < -0.4 is 9.47 Å². The zero-order chi connectivity index (χ0) is 21.9. The number of benzene rings is 2. The van der Waals surface area contributed by atoms with Gasteiger partial charge in [0.25, 0.3) is 0 Å². The van der Waals surface area contributed by atoms with Crippen molar-refractivity contribution < 1.29 is 40.7 Å². The van der Waals surface area contributed by atoms with Gasteiger partial charge in [0.15, 0.2) is 17.3 Å². The van der Waals surface area contributed by atoms with Gasteiger partial charge in [-0.25, -0.2) is 8.78 Å². The second-order valence-electron chi connectivity index (χ2n) is 6.14. The summed E-state index contributed by atoms with van der Waals surface area (Å²) in [5.74, 6) is -3.09. The third-order valence-corrected chi connectivity index (χ3v) is 3.96. The maximum atomic E-state index is 14.2. The molecule has 30 heavy (non-hydrogen) atoms. The predicted octanol–water partition coefficient (Wildman–Crippen LogP) is 5.34. The van der Waals surface area contributed by atoms with Gasteiger partial charge in [0, 0.05) is 18.1 Å². The van der Waals surface area contributed by atoms with Crippen molar-refractivity contribution in [3.8, 4) is 22.8 Å². The van der Waals surface area contributed by atoms with Crippen molar-refractivity contribution in [2.75, 3.05) is 6.61 Å². The van der Waals surface area contributed by atoms with E-state index in [1.54, 1.807) is 6.07 Å². The van der Waals surface area contributed by atoms with Gasteiger partial charge in [-0.05, 0) is 43.3 Å². The van der Waals surface area contributed by atoms with E-state index in [4.69, 9.17) is 9.26 Å². The van der Waals surface area contributed by atoms with Crippen LogP contribution in [0.3, 0.4) is 0 Å². The fraction of sp³-hybridized carbons (Fsp3) is 0.200. The first-order chi connectivity index (χ1) is 14.1. The lowest BCUT2D eigenvalue weighted by atomic mass is 10.1. The van der Waals surface area contributed by atoms with Gasteiger partial charge in [0.1, 0.15) is 23.0 Å². The molecule has 0 saturated carbocycles. The van der Waals surface area contributed by atoms with Gasteiger partial charge in [0.2, 0.25) is 0 Å². The summed E-state index contributed by atoms with van der Waals surface area (Å²) < 4.78 is 78.5. The average molecular weight is 427 g/mol. The van der Waals surface area contributed by atoms with Crippen LogP contribution in [-0.4, -0.2) is 23.9 Å². The molecule has 0 fully saturated rings. The number of rotatable bonds is 7. The molecule has 0 aliphatic carbocycles. The van der Waals surface area contributed by atoms with Gasteiger partial charge >= 0.3 is 6.36 Å². The highest BCUT2D eigenvalue weighted by atomic mass is 19.4. The van der Waals surface area contributed by atoms with Crippen LogP contribution >= 0.6 is 0 Å². The standard InChI is InChI=1S/C20H14F5NO4/c1-11(27)18-15(21)6-7-17(19(18)22)28-9-8-14-10-16(26-30-14)12-2-4-13(5-3-12)29-20(23,24)25/h2-7,10H,8-9H2,1H3. The quantitative estimate of drug-likeness (QED) is 0.376.